The summed E-state index contributed by atoms with van der Waals surface area (Å²) in [5.74, 6) is 1.10. The van der Waals surface area contributed by atoms with E-state index in [1.165, 1.54) is 5.56 Å². The molecule has 0 radical (unpaired) electrons. The topological polar surface area (TPSA) is 69.2 Å². The Morgan fingerprint density at radius 1 is 1.28 bits per heavy atom. The molecule has 1 saturated heterocycles. The number of aryl methyl sites for hydroxylation is 1. The minimum absolute atomic E-state index is 0.0430. The molecule has 7 nitrogen and oxygen atoms in total. The highest BCUT2D eigenvalue weighted by Gasteiger charge is 2.29. The van der Waals surface area contributed by atoms with Gasteiger partial charge in [0.1, 0.15) is 0 Å². The van der Waals surface area contributed by atoms with Crippen molar-refractivity contribution in [2.45, 2.75) is 12.6 Å². The Hall–Kier alpha value is -2.22. The van der Waals surface area contributed by atoms with Crippen molar-refractivity contribution < 1.29 is 9.26 Å². The summed E-state index contributed by atoms with van der Waals surface area (Å²) in [5, 5.41) is 9.04. The molecule has 1 aliphatic rings. The third kappa shape index (κ3) is 3.58. The summed E-state index contributed by atoms with van der Waals surface area (Å²) in [7, 11) is 1.85. The number of nitrogens with zero attached hydrogens (tertiary/aromatic N) is 5. The lowest BCUT2D eigenvalue weighted by atomic mass is 10.1. The van der Waals surface area contributed by atoms with E-state index in [0.717, 1.165) is 23.7 Å². The molecule has 0 unspecified atom stereocenters. The van der Waals surface area contributed by atoms with Gasteiger partial charge in [-0.2, -0.15) is 10.1 Å². The first-order valence-electron chi connectivity index (χ1n) is 8.08. The van der Waals surface area contributed by atoms with Crippen LogP contribution >= 0.6 is 11.6 Å². The largest absolute Gasteiger partial charge is 0.378 e. The smallest absolute Gasteiger partial charge is 0.261 e. The van der Waals surface area contributed by atoms with E-state index < -0.39 is 0 Å². The minimum atomic E-state index is -0.0430. The van der Waals surface area contributed by atoms with Gasteiger partial charge in [0.25, 0.3) is 5.89 Å². The number of morpholine rings is 1. The zero-order valence-electron chi connectivity index (χ0n) is 13.8. The molecule has 0 saturated carbocycles. The van der Waals surface area contributed by atoms with Gasteiger partial charge in [0.2, 0.25) is 0 Å². The van der Waals surface area contributed by atoms with E-state index in [0.29, 0.717) is 24.9 Å². The fraction of sp³-hybridized carbons (Fsp3) is 0.353. The summed E-state index contributed by atoms with van der Waals surface area (Å²) >= 11 is 5.97. The van der Waals surface area contributed by atoms with Gasteiger partial charge >= 0.3 is 0 Å². The van der Waals surface area contributed by atoms with Crippen LogP contribution in [-0.4, -0.2) is 44.6 Å². The third-order valence-corrected chi connectivity index (χ3v) is 4.48. The molecule has 0 bridgehead atoms. The monoisotopic (exact) mass is 359 g/mol. The number of rotatable bonds is 4. The predicted octanol–water partition coefficient (Wildman–Crippen LogP) is 2.70. The summed E-state index contributed by atoms with van der Waals surface area (Å²) in [5.41, 5.74) is 1.99. The molecule has 25 heavy (non-hydrogen) atoms. The molecular formula is C17H18ClN5O2. The number of aromatic nitrogens is 4. The summed E-state index contributed by atoms with van der Waals surface area (Å²) in [6.45, 7) is 2.82. The van der Waals surface area contributed by atoms with Gasteiger partial charge in [-0.05, 0) is 17.7 Å². The molecule has 3 aromatic rings. The fourth-order valence-electron chi connectivity index (χ4n) is 2.91. The van der Waals surface area contributed by atoms with Crippen LogP contribution in [0.4, 0.5) is 0 Å². The zero-order chi connectivity index (χ0) is 17.2. The van der Waals surface area contributed by atoms with Crippen LogP contribution in [0, 0.1) is 0 Å². The molecule has 1 fully saturated rings. The van der Waals surface area contributed by atoms with Gasteiger partial charge in [-0.15, -0.1) is 0 Å². The fourth-order valence-corrected chi connectivity index (χ4v) is 3.03. The highest BCUT2D eigenvalue weighted by Crippen LogP contribution is 2.26. The molecule has 4 rings (SSSR count). The second-order valence-corrected chi connectivity index (χ2v) is 6.48. The summed E-state index contributed by atoms with van der Waals surface area (Å²) in [4.78, 5) is 6.85. The maximum absolute atomic E-state index is 5.97. The maximum atomic E-state index is 5.97. The van der Waals surface area contributed by atoms with Crippen LogP contribution in [0.5, 0.6) is 0 Å². The molecule has 130 valence electrons. The van der Waals surface area contributed by atoms with Gasteiger partial charge < -0.3 is 9.26 Å². The Bertz CT molecular complexity index is 845. The second-order valence-electron chi connectivity index (χ2n) is 6.05. The van der Waals surface area contributed by atoms with E-state index >= 15 is 0 Å². The van der Waals surface area contributed by atoms with Crippen molar-refractivity contribution in [1.29, 1.82) is 0 Å². The van der Waals surface area contributed by atoms with E-state index in [1.807, 2.05) is 37.5 Å². The molecule has 1 aromatic carbocycles. The van der Waals surface area contributed by atoms with Gasteiger partial charge in [-0.3, -0.25) is 9.58 Å². The lowest BCUT2D eigenvalue weighted by molar-refractivity contribution is -0.0166. The van der Waals surface area contributed by atoms with Crippen molar-refractivity contribution >= 4 is 11.6 Å². The van der Waals surface area contributed by atoms with Crippen LogP contribution in [-0.2, 0) is 18.3 Å². The molecule has 0 amide bonds. The minimum Gasteiger partial charge on any atom is -0.378 e. The van der Waals surface area contributed by atoms with Gasteiger partial charge in [-0.25, -0.2) is 0 Å². The molecule has 0 aliphatic carbocycles. The first kappa shape index (κ1) is 16.3. The molecule has 3 heterocycles. The SMILES string of the molecule is Cn1cc(-c2nc([C@@H]3COCCN3Cc3ccc(Cl)cc3)no2)cn1. The van der Waals surface area contributed by atoms with E-state index in [-0.39, 0.29) is 6.04 Å². The van der Waals surface area contributed by atoms with Crippen LogP contribution in [0.25, 0.3) is 11.5 Å². The van der Waals surface area contributed by atoms with E-state index in [1.54, 1.807) is 10.9 Å². The molecule has 0 spiro atoms. The van der Waals surface area contributed by atoms with Gasteiger partial charge in [0.15, 0.2) is 5.82 Å². The first-order chi connectivity index (χ1) is 12.2. The number of hydrogen-bond donors (Lipinski definition) is 0. The standard InChI is InChI=1S/C17H18ClN5O2/c1-22-10-13(8-19-22)17-20-16(21-25-17)15-11-24-7-6-23(15)9-12-2-4-14(18)5-3-12/h2-5,8,10,15H,6-7,9,11H2,1H3/t15-/m0/s1. The lowest BCUT2D eigenvalue weighted by Gasteiger charge is -2.33. The van der Waals surface area contributed by atoms with E-state index in [9.17, 15) is 0 Å². The Morgan fingerprint density at radius 3 is 2.88 bits per heavy atom. The predicted molar refractivity (Wildman–Crippen MR) is 91.9 cm³/mol. The van der Waals surface area contributed by atoms with Crippen LogP contribution < -0.4 is 0 Å². The highest BCUT2D eigenvalue weighted by molar-refractivity contribution is 6.30. The molecular weight excluding hydrogens is 342 g/mol. The van der Waals surface area contributed by atoms with Crippen molar-refractivity contribution in [3.63, 3.8) is 0 Å². The molecule has 8 heteroatoms. The Labute approximate surface area is 150 Å². The maximum Gasteiger partial charge on any atom is 0.261 e. The number of halogens is 1. The zero-order valence-corrected chi connectivity index (χ0v) is 14.6. The lowest BCUT2D eigenvalue weighted by Crippen LogP contribution is -2.39. The van der Waals surface area contributed by atoms with Crippen molar-refractivity contribution in [2.24, 2.45) is 7.05 Å². The summed E-state index contributed by atoms with van der Waals surface area (Å²) < 4.78 is 12.8. The van der Waals surface area contributed by atoms with Crippen LogP contribution in [0.3, 0.4) is 0 Å². The third-order valence-electron chi connectivity index (χ3n) is 4.23. The van der Waals surface area contributed by atoms with Crippen LogP contribution in [0.1, 0.15) is 17.4 Å². The van der Waals surface area contributed by atoms with Gasteiger partial charge in [-0.1, -0.05) is 28.9 Å². The normalized spacial score (nSPS) is 18.6. The van der Waals surface area contributed by atoms with Gasteiger partial charge in [0.05, 0.1) is 31.0 Å². The summed E-state index contributed by atoms with van der Waals surface area (Å²) in [6, 6.07) is 7.83. The van der Waals surface area contributed by atoms with Gasteiger partial charge in [0, 0.05) is 31.4 Å². The number of ether oxygens (including phenoxy) is 1. The van der Waals surface area contributed by atoms with E-state index in [4.69, 9.17) is 20.9 Å². The molecule has 0 N–H and O–H groups in total. The van der Waals surface area contributed by atoms with Crippen molar-refractivity contribution in [2.75, 3.05) is 19.8 Å². The average molecular weight is 360 g/mol. The van der Waals surface area contributed by atoms with Crippen molar-refractivity contribution in [3.05, 3.63) is 53.1 Å². The first-order valence-corrected chi connectivity index (χ1v) is 8.46. The van der Waals surface area contributed by atoms with Crippen molar-refractivity contribution in [3.8, 4) is 11.5 Å². The average Bonchev–Trinajstić information content (AvgIpc) is 3.26. The Morgan fingerprint density at radius 2 is 2.12 bits per heavy atom. The van der Waals surface area contributed by atoms with Crippen molar-refractivity contribution in [1.82, 2.24) is 24.8 Å². The molecule has 1 atom stereocenters. The van der Waals surface area contributed by atoms with Crippen LogP contribution in [0.2, 0.25) is 5.02 Å². The summed E-state index contributed by atoms with van der Waals surface area (Å²) in [6.07, 6.45) is 3.56. The Balaban J connectivity index is 1.54. The Kier molecular flexibility index (Phi) is 4.52. The highest BCUT2D eigenvalue weighted by atomic mass is 35.5. The van der Waals surface area contributed by atoms with E-state index in [2.05, 4.69) is 20.1 Å². The van der Waals surface area contributed by atoms with Crippen LogP contribution in [0.15, 0.2) is 41.2 Å². The molecule has 1 aliphatic heterocycles. The second kappa shape index (κ2) is 6.95. The number of benzene rings is 1. The number of hydrogen-bond acceptors (Lipinski definition) is 6. The quantitative estimate of drug-likeness (QED) is 0.713. The molecule has 2 aromatic heterocycles.